The minimum atomic E-state index is -1.08. The number of nitrogens with one attached hydrogen (secondary N) is 1. The molecule has 3 atom stereocenters. The molecule has 148 valence electrons. The lowest BCUT2D eigenvalue weighted by atomic mass is 9.85. The summed E-state index contributed by atoms with van der Waals surface area (Å²) in [6.45, 7) is 0.943. The molecule has 1 aromatic rings. The van der Waals surface area contributed by atoms with Crippen molar-refractivity contribution >= 4 is 29.4 Å². The van der Waals surface area contributed by atoms with Crippen molar-refractivity contribution in [2.24, 2.45) is 11.8 Å². The molecule has 1 aromatic carbocycles. The van der Waals surface area contributed by atoms with Gasteiger partial charge >= 0.3 is 5.97 Å². The lowest BCUT2D eigenvalue weighted by molar-refractivity contribution is -0.158. The van der Waals surface area contributed by atoms with Crippen LogP contribution in [0.5, 0.6) is 5.75 Å². The van der Waals surface area contributed by atoms with Gasteiger partial charge in [-0.15, -0.1) is 0 Å². The van der Waals surface area contributed by atoms with E-state index in [1.165, 1.54) is 14.0 Å². The van der Waals surface area contributed by atoms with E-state index in [-0.39, 0.29) is 11.8 Å². The number of ether oxygens (including phenoxy) is 2. The molecule has 0 aromatic heterocycles. The molecule has 0 spiro atoms. The minimum absolute atomic E-state index is 0.355. The summed E-state index contributed by atoms with van der Waals surface area (Å²) < 4.78 is 10.1. The van der Waals surface area contributed by atoms with Crippen LogP contribution >= 0.6 is 0 Å². The zero-order valence-electron chi connectivity index (χ0n) is 15.7. The number of anilines is 1. The van der Waals surface area contributed by atoms with Gasteiger partial charge in [0.1, 0.15) is 12.3 Å². The van der Waals surface area contributed by atoms with E-state index in [0.29, 0.717) is 24.3 Å². The van der Waals surface area contributed by atoms with Crippen LogP contribution in [0.3, 0.4) is 0 Å². The van der Waals surface area contributed by atoms with Crippen LogP contribution in [0.15, 0.2) is 36.4 Å². The lowest BCUT2D eigenvalue weighted by Crippen LogP contribution is -2.39. The summed E-state index contributed by atoms with van der Waals surface area (Å²) in [4.78, 5) is 50.1. The molecule has 1 aliphatic heterocycles. The summed E-state index contributed by atoms with van der Waals surface area (Å²) in [6, 6.07) is 6.68. The summed E-state index contributed by atoms with van der Waals surface area (Å²) in [7, 11) is 1.54. The highest BCUT2D eigenvalue weighted by atomic mass is 16.5. The summed E-state index contributed by atoms with van der Waals surface area (Å²) in [5, 5.41) is 2.62. The van der Waals surface area contributed by atoms with E-state index in [1.54, 1.807) is 24.3 Å². The van der Waals surface area contributed by atoms with E-state index >= 15 is 0 Å². The number of benzene rings is 1. The number of carbonyl (C=O) groups is 4. The van der Waals surface area contributed by atoms with Gasteiger partial charge in [-0.25, -0.2) is 0 Å². The number of hydrogen-bond donors (Lipinski definition) is 1. The van der Waals surface area contributed by atoms with Gasteiger partial charge in [-0.1, -0.05) is 12.2 Å². The summed E-state index contributed by atoms with van der Waals surface area (Å²) in [5.74, 6) is -2.19. The van der Waals surface area contributed by atoms with Gasteiger partial charge in [0.15, 0.2) is 6.10 Å². The first-order chi connectivity index (χ1) is 13.4. The standard InChI is InChI=1S/C20H22N2O6/c1-12(18(24)21-13-7-9-14(27-2)10-8-13)28-17(23)11-22-19(25)15-5-3-4-6-16(15)20(22)26/h3-4,7-10,12,15-16H,5-6,11H2,1-2H3,(H,21,24). The normalized spacial score (nSPS) is 21.9. The number of imide groups is 1. The maximum atomic E-state index is 12.4. The molecule has 3 rings (SSSR count). The Kier molecular flexibility index (Phi) is 5.77. The fourth-order valence-corrected chi connectivity index (χ4v) is 3.36. The number of nitrogens with zero attached hydrogens (tertiary/aromatic N) is 1. The molecular weight excluding hydrogens is 364 g/mol. The van der Waals surface area contributed by atoms with Crippen LogP contribution in [-0.2, 0) is 23.9 Å². The highest BCUT2D eigenvalue weighted by Crippen LogP contribution is 2.34. The van der Waals surface area contributed by atoms with Crippen LogP contribution in [-0.4, -0.2) is 48.3 Å². The van der Waals surface area contributed by atoms with Crippen molar-refractivity contribution in [1.82, 2.24) is 4.90 Å². The maximum absolute atomic E-state index is 12.4. The van der Waals surface area contributed by atoms with Crippen LogP contribution in [0.4, 0.5) is 5.69 Å². The summed E-state index contributed by atoms with van der Waals surface area (Å²) >= 11 is 0. The van der Waals surface area contributed by atoms with Crippen LogP contribution in [0.25, 0.3) is 0 Å². The van der Waals surface area contributed by atoms with E-state index in [4.69, 9.17) is 9.47 Å². The van der Waals surface area contributed by atoms with Gasteiger partial charge in [0, 0.05) is 5.69 Å². The molecule has 1 N–H and O–H groups in total. The van der Waals surface area contributed by atoms with Crippen molar-refractivity contribution in [2.75, 3.05) is 19.0 Å². The number of hydrogen-bond acceptors (Lipinski definition) is 6. The van der Waals surface area contributed by atoms with Crippen molar-refractivity contribution in [3.63, 3.8) is 0 Å². The Morgan fingerprint density at radius 3 is 2.21 bits per heavy atom. The van der Waals surface area contributed by atoms with Gasteiger partial charge in [0.05, 0.1) is 18.9 Å². The molecule has 1 aliphatic carbocycles. The number of allylic oxidation sites excluding steroid dienone is 2. The third kappa shape index (κ3) is 4.05. The first-order valence-corrected chi connectivity index (χ1v) is 9.05. The maximum Gasteiger partial charge on any atom is 0.326 e. The van der Waals surface area contributed by atoms with Gasteiger partial charge < -0.3 is 14.8 Å². The topological polar surface area (TPSA) is 102 Å². The van der Waals surface area contributed by atoms with Crippen molar-refractivity contribution in [3.8, 4) is 5.75 Å². The molecule has 8 heteroatoms. The molecule has 1 saturated heterocycles. The Hall–Kier alpha value is -3.16. The molecule has 0 saturated carbocycles. The van der Waals surface area contributed by atoms with Crippen LogP contribution in [0.1, 0.15) is 19.8 Å². The number of amides is 3. The van der Waals surface area contributed by atoms with Crippen molar-refractivity contribution in [3.05, 3.63) is 36.4 Å². The van der Waals surface area contributed by atoms with Gasteiger partial charge in [-0.05, 0) is 44.0 Å². The minimum Gasteiger partial charge on any atom is -0.497 e. The molecule has 28 heavy (non-hydrogen) atoms. The quantitative estimate of drug-likeness (QED) is 0.452. The predicted molar refractivity (Wildman–Crippen MR) is 99.3 cm³/mol. The van der Waals surface area contributed by atoms with Gasteiger partial charge in [-0.2, -0.15) is 0 Å². The van der Waals surface area contributed by atoms with Crippen LogP contribution < -0.4 is 10.1 Å². The zero-order valence-corrected chi connectivity index (χ0v) is 15.7. The number of carbonyl (C=O) groups excluding carboxylic acids is 4. The van der Waals surface area contributed by atoms with Crippen molar-refractivity contribution in [2.45, 2.75) is 25.9 Å². The van der Waals surface area contributed by atoms with E-state index in [2.05, 4.69) is 5.32 Å². The highest BCUT2D eigenvalue weighted by molar-refractivity contribution is 6.07. The third-order valence-corrected chi connectivity index (χ3v) is 4.92. The lowest BCUT2D eigenvalue weighted by Gasteiger charge is -2.17. The van der Waals surface area contributed by atoms with Gasteiger partial charge in [-0.3, -0.25) is 24.1 Å². The second-order valence-corrected chi connectivity index (χ2v) is 6.77. The monoisotopic (exact) mass is 386 g/mol. The predicted octanol–water partition coefficient (Wildman–Crippen LogP) is 1.52. The average molecular weight is 386 g/mol. The average Bonchev–Trinajstić information content (AvgIpc) is 2.93. The summed E-state index contributed by atoms with van der Waals surface area (Å²) in [6.07, 6.45) is 3.67. The molecule has 1 fully saturated rings. The molecule has 3 unspecified atom stereocenters. The Labute approximate surface area is 162 Å². The molecule has 2 aliphatic rings. The third-order valence-electron chi connectivity index (χ3n) is 4.92. The van der Waals surface area contributed by atoms with Crippen molar-refractivity contribution in [1.29, 1.82) is 0 Å². The number of rotatable bonds is 6. The fraction of sp³-hybridized carbons (Fsp3) is 0.400. The molecule has 0 bridgehead atoms. The van der Waals surface area contributed by atoms with Crippen molar-refractivity contribution < 1.29 is 28.7 Å². The molecule has 0 radical (unpaired) electrons. The second-order valence-electron chi connectivity index (χ2n) is 6.77. The molecular formula is C20H22N2O6. The SMILES string of the molecule is COc1ccc(NC(=O)C(C)OC(=O)CN2C(=O)C3CC=CCC3C2=O)cc1. The number of likely N-dealkylation sites (tertiary alicyclic amines) is 1. The Morgan fingerprint density at radius 2 is 1.68 bits per heavy atom. The number of methoxy groups -OCH3 is 1. The Morgan fingerprint density at radius 1 is 1.11 bits per heavy atom. The van der Waals surface area contributed by atoms with E-state index in [0.717, 1.165) is 4.90 Å². The van der Waals surface area contributed by atoms with E-state index in [1.807, 2.05) is 12.2 Å². The largest absolute Gasteiger partial charge is 0.497 e. The van der Waals surface area contributed by atoms with Gasteiger partial charge in [0.2, 0.25) is 11.8 Å². The van der Waals surface area contributed by atoms with Crippen LogP contribution in [0.2, 0.25) is 0 Å². The summed E-state index contributed by atoms with van der Waals surface area (Å²) in [5.41, 5.74) is 0.523. The van der Waals surface area contributed by atoms with Gasteiger partial charge in [0.25, 0.3) is 5.91 Å². The van der Waals surface area contributed by atoms with E-state index < -0.39 is 36.4 Å². The van der Waals surface area contributed by atoms with Crippen LogP contribution in [0, 0.1) is 11.8 Å². The number of fused-ring (bicyclic) bond motifs is 1. The molecule has 3 amide bonds. The smallest absolute Gasteiger partial charge is 0.326 e. The first-order valence-electron chi connectivity index (χ1n) is 9.05. The first kappa shape index (κ1) is 19.6. The van der Waals surface area contributed by atoms with E-state index in [9.17, 15) is 19.2 Å². The second kappa shape index (κ2) is 8.24. The fourth-order valence-electron chi connectivity index (χ4n) is 3.36. The molecule has 8 nitrogen and oxygen atoms in total. The molecule has 1 heterocycles. The highest BCUT2D eigenvalue weighted by Gasteiger charge is 2.47. The number of esters is 1. The Bertz CT molecular complexity index is 790. The Balaban J connectivity index is 1.53. The zero-order chi connectivity index (χ0) is 20.3.